The van der Waals surface area contributed by atoms with Gasteiger partial charge in [0.15, 0.2) is 0 Å². The standard InChI is InChI=1S/C8H14N4/c1-11-5-2-8(3-6-11)12-7-4-9-10-12/h4,7-8H,2-3,5-6H2,1H3. The summed E-state index contributed by atoms with van der Waals surface area (Å²) >= 11 is 0. The second-order valence-electron chi connectivity index (χ2n) is 3.42. The van der Waals surface area contributed by atoms with Crippen LogP contribution in [0.25, 0.3) is 0 Å². The van der Waals surface area contributed by atoms with Crippen molar-refractivity contribution in [1.29, 1.82) is 0 Å². The Hall–Kier alpha value is -0.900. The molecule has 2 rings (SSSR count). The van der Waals surface area contributed by atoms with Gasteiger partial charge in [0, 0.05) is 6.20 Å². The molecule has 0 aliphatic carbocycles. The maximum Gasteiger partial charge on any atom is 0.0693 e. The van der Waals surface area contributed by atoms with Gasteiger partial charge >= 0.3 is 0 Å². The number of hydrogen-bond donors (Lipinski definition) is 0. The number of hydrogen-bond acceptors (Lipinski definition) is 3. The Labute approximate surface area is 72.2 Å². The van der Waals surface area contributed by atoms with Crippen LogP contribution < -0.4 is 0 Å². The molecule has 1 aromatic heterocycles. The van der Waals surface area contributed by atoms with Crippen LogP contribution in [0.3, 0.4) is 0 Å². The third-order valence-electron chi connectivity index (χ3n) is 2.50. The average molecular weight is 166 g/mol. The molecule has 0 N–H and O–H groups in total. The van der Waals surface area contributed by atoms with E-state index in [1.54, 1.807) is 6.20 Å². The SMILES string of the molecule is CN1CCC(n2ccnn2)CC1. The van der Waals surface area contributed by atoms with Gasteiger partial charge in [-0.25, -0.2) is 4.68 Å². The first-order valence-electron chi connectivity index (χ1n) is 4.40. The fourth-order valence-electron chi connectivity index (χ4n) is 1.67. The fraction of sp³-hybridized carbons (Fsp3) is 0.750. The molecular formula is C8H14N4. The zero-order chi connectivity index (χ0) is 8.39. The molecule has 1 aliphatic rings. The van der Waals surface area contributed by atoms with Crippen LogP contribution in [0.2, 0.25) is 0 Å². The van der Waals surface area contributed by atoms with Crippen molar-refractivity contribution >= 4 is 0 Å². The molecule has 1 aliphatic heterocycles. The lowest BCUT2D eigenvalue weighted by Crippen LogP contribution is -2.31. The zero-order valence-corrected chi connectivity index (χ0v) is 7.35. The molecule has 0 amide bonds. The Bertz CT molecular complexity index is 223. The highest BCUT2D eigenvalue weighted by atomic mass is 15.4. The predicted octanol–water partition coefficient (Wildman–Crippen LogP) is 0.545. The maximum absolute atomic E-state index is 4.01. The predicted molar refractivity (Wildman–Crippen MR) is 45.8 cm³/mol. The van der Waals surface area contributed by atoms with Gasteiger partial charge in [0.1, 0.15) is 0 Å². The molecule has 0 atom stereocenters. The quantitative estimate of drug-likeness (QED) is 0.610. The van der Waals surface area contributed by atoms with Crippen molar-refractivity contribution in [2.75, 3.05) is 20.1 Å². The average Bonchev–Trinajstić information content (AvgIpc) is 2.58. The smallest absolute Gasteiger partial charge is 0.0693 e. The second-order valence-corrected chi connectivity index (χ2v) is 3.42. The molecule has 4 heteroatoms. The van der Waals surface area contributed by atoms with Crippen LogP contribution in [0.4, 0.5) is 0 Å². The number of aromatic nitrogens is 3. The minimum absolute atomic E-state index is 0.573. The van der Waals surface area contributed by atoms with Gasteiger partial charge in [0.25, 0.3) is 0 Å². The van der Waals surface area contributed by atoms with E-state index in [1.807, 2.05) is 10.9 Å². The van der Waals surface area contributed by atoms with Crippen LogP contribution in [0.15, 0.2) is 12.4 Å². The fourth-order valence-corrected chi connectivity index (χ4v) is 1.67. The normalized spacial score (nSPS) is 21.4. The molecule has 0 spiro atoms. The first-order chi connectivity index (χ1) is 5.86. The molecule has 0 bridgehead atoms. The van der Waals surface area contributed by atoms with E-state index in [-0.39, 0.29) is 0 Å². The monoisotopic (exact) mass is 166 g/mol. The summed E-state index contributed by atoms with van der Waals surface area (Å²) in [5.74, 6) is 0. The maximum atomic E-state index is 4.01. The molecular weight excluding hydrogens is 152 g/mol. The van der Waals surface area contributed by atoms with E-state index in [2.05, 4.69) is 22.3 Å². The van der Waals surface area contributed by atoms with E-state index in [4.69, 9.17) is 0 Å². The molecule has 0 unspecified atom stereocenters. The van der Waals surface area contributed by atoms with Crippen LogP contribution >= 0.6 is 0 Å². The van der Waals surface area contributed by atoms with E-state index in [1.165, 1.54) is 25.9 Å². The van der Waals surface area contributed by atoms with Crippen molar-refractivity contribution in [3.8, 4) is 0 Å². The molecule has 0 radical (unpaired) electrons. The van der Waals surface area contributed by atoms with E-state index in [9.17, 15) is 0 Å². The molecule has 12 heavy (non-hydrogen) atoms. The Morgan fingerprint density at radius 2 is 2.08 bits per heavy atom. The van der Waals surface area contributed by atoms with Crippen LogP contribution in [0.1, 0.15) is 18.9 Å². The summed E-state index contributed by atoms with van der Waals surface area (Å²) in [6.07, 6.45) is 6.09. The lowest BCUT2D eigenvalue weighted by atomic mass is 10.1. The summed E-state index contributed by atoms with van der Waals surface area (Å²) < 4.78 is 1.98. The Morgan fingerprint density at radius 3 is 2.67 bits per heavy atom. The number of nitrogens with zero attached hydrogens (tertiary/aromatic N) is 4. The second kappa shape index (κ2) is 3.23. The van der Waals surface area contributed by atoms with Gasteiger partial charge in [-0.1, -0.05) is 5.21 Å². The van der Waals surface area contributed by atoms with E-state index in [0.29, 0.717) is 6.04 Å². The van der Waals surface area contributed by atoms with E-state index < -0.39 is 0 Å². The minimum atomic E-state index is 0.573. The summed E-state index contributed by atoms with van der Waals surface area (Å²) in [5, 5.41) is 7.83. The molecule has 1 fully saturated rings. The van der Waals surface area contributed by atoms with Gasteiger partial charge in [-0.05, 0) is 33.0 Å². The van der Waals surface area contributed by atoms with E-state index >= 15 is 0 Å². The Kier molecular flexibility index (Phi) is 2.08. The number of likely N-dealkylation sites (tertiary alicyclic amines) is 1. The molecule has 1 saturated heterocycles. The third kappa shape index (κ3) is 1.48. The zero-order valence-electron chi connectivity index (χ0n) is 7.35. The largest absolute Gasteiger partial charge is 0.306 e. The van der Waals surface area contributed by atoms with Crippen LogP contribution in [-0.2, 0) is 0 Å². The summed E-state index contributed by atoms with van der Waals surface area (Å²) in [7, 11) is 2.16. The summed E-state index contributed by atoms with van der Waals surface area (Å²) in [5.41, 5.74) is 0. The van der Waals surface area contributed by atoms with Gasteiger partial charge in [0.2, 0.25) is 0 Å². The molecule has 66 valence electrons. The highest BCUT2D eigenvalue weighted by molar-refractivity contribution is 4.77. The Balaban J connectivity index is 1.99. The van der Waals surface area contributed by atoms with Gasteiger partial charge < -0.3 is 4.90 Å². The van der Waals surface area contributed by atoms with Gasteiger partial charge in [-0.15, -0.1) is 5.10 Å². The summed E-state index contributed by atoms with van der Waals surface area (Å²) in [6.45, 7) is 2.34. The lowest BCUT2D eigenvalue weighted by molar-refractivity contribution is 0.210. The molecule has 0 saturated carbocycles. The van der Waals surface area contributed by atoms with Crippen molar-refractivity contribution in [2.45, 2.75) is 18.9 Å². The molecule has 1 aromatic rings. The van der Waals surface area contributed by atoms with Gasteiger partial charge in [0.05, 0.1) is 12.2 Å². The third-order valence-corrected chi connectivity index (χ3v) is 2.50. The highest BCUT2D eigenvalue weighted by Crippen LogP contribution is 2.19. The Morgan fingerprint density at radius 1 is 1.33 bits per heavy atom. The van der Waals surface area contributed by atoms with Crippen molar-refractivity contribution < 1.29 is 0 Å². The van der Waals surface area contributed by atoms with Gasteiger partial charge in [-0.2, -0.15) is 0 Å². The van der Waals surface area contributed by atoms with Crippen LogP contribution in [0.5, 0.6) is 0 Å². The van der Waals surface area contributed by atoms with Crippen molar-refractivity contribution in [3.63, 3.8) is 0 Å². The highest BCUT2D eigenvalue weighted by Gasteiger charge is 2.17. The van der Waals surface area contributed by atoms with Crippen LogP contribution in [0, 0.1) is 0 Å². The topological polar surface area (TPSA) is 34.0 Å². The molecule has 4 nitrogen and oxygen atoms in total. The van der Waals surface area contributed by atoms with Crippen molar-refractivity contribution in [1.82, 2.24) is 19.9 Å². The summed E-state index contributed by atoms with van der Waals surface area (Å²) in [6, 6.07) is 0.573. The molecule has 0 aromatic carbocycles. The molecule has 2 heterocycles. The van der Waals surface area contributed by atoms with Crippen molar-refractivity contribution in [2.24, 2.45) is 0 Å². The van der Waals surface area contributed by atoms with Crippen molar-refractivity contribution in [3.05, 3.63) is 12.4 Å². The van der Waals surface area contributed by atoms with E-state index in [0.717, 1.165) is 0 Å². The number of rotatable bonds is 1. The van der Waals surface area contributed by atoms with Gasteiger partial charge in [-0.3, -0.25) is 0 Å². The summed E-state index contributed by atoms with van der Waals surface area (Å²) in [4.78, 5) is 2.35. The number of piperidine rings is 1. The minimum Gasteiger partial charge on any atom is -0.306 e. The first kappa shape index (κ1) is 7.73. The first-order valence-corrected chi connectivity index (χ1v) is 4.40. The van der Waals surface area contributed by atoms with Crippen LogP contribution in [-0.4, -0.2) is 40.0 Å². The lowest BCUT2D eigenvalue weighted by Gasteiger charge is -2.28.